The van der Waals surface area contributed by atoms with E-state index in [0.29, 0.717) is 42.3 Å². The van der Waals surface area contributed by atoms with Crippen molar-refractivity contribution in [2.45, 2.75) is 137 Å². The Hall–Kier alpha value is -1.34. The summed E-state index contributed by atoms with van der Waals surface area (Å²) in [5.74, 6) is 3.04. The van der Waals surface area contributed by atoms with Crippen LogP contribution in [0.4, 0.5) is 0 Å². The van der Waals surface area contributed by atoms with E-state index in [1.165, 1.54) is 32.1 Å². The van der Waals surface area contributed by atoms with Crippen molar-refractivity contribution in [3.05, 3.63) is 0 Å². The van der Waals surface area contributed by atoms with Gasteiger partial charge in [-0.05, 0) is 124 Å². The summed E-state index contributed by atoms with van der Waals surface area (Å²) in [6, 6.07) is -1.22. The van der Waals surface area contributed by atoms with Crippen molar-refractivity contribution < 1.29 is 19.1 Å². The van der Waals surface area contributed by atoms with Crippen LogP contribution in [0, 0.1) is 52.3 Å². The molecule has 4 rings (SSSR count). The second-order valence-electron chi connectivity index (χ2n) is 15.5. The first-order chi connectivity index (χ1) is 19.2. The van der Waals surface area contributed by atoms with Crippen LogP contribution in [0.5, 0.6) is 0 Å². The number of ether oxygens (including phenoxy) is 1. The number of carbonyl (C=O) groups is 3. The highest BCUT2D eigenvalue weighted by molar-refractivity contribution is 7.82. The summed E-state index contributed by atoms with van der Waals surface area (Å²) >= 11 is 5.37. The van der Waals surface area contributed by atoms with E-state index in [1.54, 1.807) is 6.92 Å². The summed E-state index contributed by atoms with van der Waals surface area (Å²) in [7, 11) is 0. The molecular weight excluding hydrogens is 532 g/mol. The highest BCUT2D eigenvalue weighted by atomic mass is 32.1. The number of carbonyl (C=O) groups excluding carboxylic acids is 3. The second-order valence-corrected chi connectivity index (χ2v) is 16.0. The Labute approximate surface area is 254 Å². The summed E-state index contributed by atoms with van der Waals surface area (Å²) in [5, 5.41) is 2.87. The van der Waals surface area contributed by atoms with Crippen LogP contribution in [0.25, 0.3) is 0 Å². The molecule has 0 aliphatic heterocycles. The molecule has 4 aliphatic rings. The number of esters is 1. The Balaban J connectivity index is 1.38. The van der Waals surface area contributed by atoms with Gasteiger partial charge in [-0.2, -0.15) is 0 Å². The van der Waals surface area contributed by atoms with Gasteiger partial charge in [0.15, 0.2) is 0 Å². The molecule has 6 nitrogen and oxygen atoms in total. The summed E-state index contributed by atoms with van der Waals surface area (Å²) in [6.45, 7) is 14.9. The van der Waals surface area contributed by atoms with Crippen LogP contribution < -0.4 is 11.1 Å². The van der Waals surface area contributed by atoms with Crippen LogP contribution >= 0.6 is 12.2 Å². The number of nitrogens with one attached hydrogen (secondary N) is 1. The molecule has 0 unspecified atom stereocenters. The van der Waals surface area contributed by atoms with Crippen molar-refractivity contribution in [2.24, 2.45) is 58.0 Å². The lowest BCUT2D eigenvalue weighted by atomic mass is 9.44. The fourth-order valence-electron chi connectivity index (χ4n) is 9.94. The van der Waals surface area contributed by atoms with E-state index in [0.717, 1.165) is 31.6 Å². The molecule has 4 saturated carbocycles. The third-order valence-electron chi connectivity index (χ3n) is 12.0. The Morgan fingerprint density at radius 3 is 2.17 bits per heavy atom. The van der Waals surface area contributed by atoms with Gasteiger partial charge in [0.05, 0.1) is 4.86 Å². The largest absolute Gasteiger partial charge is 0.461 e. The van der Waals surface area contributed by atoms with Crippen LogP contribution in [-0.4, -0.2) is 40.7 Å². The van der Waals surface area contributed by atoms with Crippen molar-refractivity contribution >= 4 is 34.7 Å². The molecule has 10 atom stereocenters. The molecule has 0 heterocycles. The maximum absolute atomic E-state index is 13.4. The molecule has 3 N–H and O–H groups in total. The van der Waals surface area contributed by atoms with E-state index in [1.807, 2.05) is 27.7 Å². The van der Waals surface area contributed by atoms with Crippen molar-refractivity contribution in [3.63, 3.8) is 0 Å². The molecule has 0 radical (unpaired) electrons. The van der Waals surface area contributed by atoms with E-state index < -0.39 is 18.0 Å². The predicted molar refractivity (Wildman–Crippen MR) is 167 cm³/mol. The Morgan fingerprint density at radius 2 is 1.54 bits per heavy atom. The molecule has 4 fully saturated rings. The zero-order valence-electron chi connectivity index (χ0n) is 26.7. The Morgan fingerprint density at radius 1 is 0.902 bits per heavy atom. The maximum Gasteiger partial charge on any atom is 0.328 e. The third-order valence-corrected chi connectivity index (χ3v) is 12.5. The first kappa shape index (κ1) is 32.6. The predicted octanol–water partition coefficient (Wildman–Crippen LogP) is 6.42. The van der Waals surface area contributed by atoms with Gasteiger partial charge in [0.2, 0.25) is 0 Å². The smallest absolute Gasteiger partial charge is 0.328 e. The Bertz CT molecular complexity index is 1010. The summed E-state index contributed by atoms with van der Waals surface area (Å²) in [4.78, 5) is 39.0. The van der Waals surface area contributed by atoms with Crippen molar-refractivity contribution in [1.29, 1.82) is 0 Å². The normalized spacial score (nSPS) is 37.9. The van der Waals surface area contributed by atoms with Gasteiger partial charge < -0.3 is 15.8 Å². The van der Waals surface area contributed by atoms with E-state index in [2.05, 4.69) is 19.2 Å². The second kappa shape index (κ2) is 12.7. The molecule has 232 valence electrons. The molecule has 0 aromatic heterocycles. The number of rotatable bonds is 10. The number of ketones is 1. The molecule has 0 bridgehead atoms. The molecule has 0 spiro atoms. The third kappa shape index (κ3) is 6.61. The van der Waals surface area contributed by atoms with E-state index in [4.69, 9.17) is 22.7 Å². The first-order valence-electron chi connectivity index (χ1n) is 16.5. The fourth-order valence-corrected chi connectivity index (χ4v) is 10.1. The average molecular weight is 589 g/mol. The minimum absolute atomic E-state index is 0.110. The van der Waals surface area contributed by atoms with Gasteiger partial charge in [0, 0.05) is 12.0 Å². The van der Waals surface area contributed by atoms with Crippen LogP contribution in [-0.2, 0) is 19.1 Å². The van der Waals surface area contributed by atoms with Crippen molar-refractivity contribution in [3.8, 4) is 0 Å². The number of Topliss-reactive ketones (excluding diaryl/α,β-unsaturated/α-hetero) is 1. The van der Waals surface area contributed by atoms with E-state index >= 15 is 0 Å². The summed E-state index contributed by atoms with van der Waals surface area (Å²) in [6.07, 6.45) is 11.0. The SMILES string of the molecule is CC(=O)[C@H]1CC[C@H]2[C@@H]3CC[C@H]4C[C@H](OC(=O)[C@H](CC(C)C)NC(=O)C(=S)[C@@H](N)CC(C)C)CC[C@]4(C)[C@H]3CC[C@]12C. The highest BCUT2D eigenvalue weighted by Gasteiger charge is 2.61. The molecule has 0 aromatic carbocycles. The zero-order valence-corrected chi connectivity index (χ0v) is 27.5. The number of hydrogen-bond acceptors (Lipinski definition) is 6. The molecular formula is C34H56N2O4S. The topological polar surface area (TPSA) is 98.5 Å². The monoisotopic (exact) mass is 588 g/mol. The Kier molecular flexibility index (Phi) is 10.1. The highest BCUT2D eigenvalue weighted by Crippen LogP contribution is 2.67. The van der Waals surface area contributed by atoms with Gasteiger partial charge in [-0.15, -0.1) is 0 Å². The lowest BCUT2D eigenvalue weighted by Crippen LogP contribution is -2.55. The minimum Gasteiger partial charge on any atom is -0.461 e. The van der Waals surface area contributed by atoms with Crippen LogP contribution in [0.1, 0.15) is 119 Å². The van der Waals surface area contributed by atoms with Crippen molar-refractivity contribution in [2.75, 3.05) is 0 Å². The van der Waals surface area contributed by atoms with E-state index in [-0.39, 0.29) is 39.6 Å². The molecule has 0 saturated heterocycles. The first-order valence-corrected chi connectivity index (χ1v) is 16.9. The van der Waals surface area contributed by atoms with E-state index in [9.17, 15) is 14.4 Å². The maximum atomic E-state index is 13.4. The average Bonchev–Trinajstić information content (AvgIpc) is 3.24. The number of thiocarbonyl (C=S) groups is 1. The molecule has 41 heavy (non-hydrogen) atoms. The number of amides is 1. The lowest BCUT2D eigenvalue weighted by molar-refractivity contribution is -0.165. The molecule has 4 aliphatic carbocycles. The minimum atomic E-state index is -0.719. The van der Waals surface area contributed by atoms with Crippen LogP contribution in [0.15, 0.2) is 0 Å². The fraction of sp³-hybridized carbons (Fsp3) is 0.882. The van der Waals surface area contributed by atoms with Gasteiger partial charge in [0.25, 0.3) is 5.91 Å². The number of hydrogen-bond donors (Lipinski definition) is 2. The summed E-state index contributed by atoms with van der Waals surface area (Å²) < 4.78 is 6.15. The number of nitrogens with two attached hydrogens (primary N) is 1. The molecule has 0 aromatic rings. The van der Waals surface area contributed by atoms with Crippen LogP contribution in [0.2, 0.25) is 0 Å². The molecule has 7 heteroatoms. The standard InChI is InChI=1S/C34H56N2O4S/c1-19(2)16-28(35)30(41)31(38)36-29(17-20(3)4)32(39)40-23-12-14-33(6)22(18-23)8-9-24-26-11-10-25(21(5)37)34(26,7)15-13-27(24)33/h19-20,22-29H,8-18,35H2,1-7H3,(H,36,38)/t22-,23+,24-,25+,26-,27-,28-,29-,33-,34+/m0/s1. The lowest BCUT2D eigenvalue weighted by Gasteiger charge is -2.61. The van der Waals surface area contributed by atoms with Gasteiger partial charge in [-0.25, -0.2) is 4.79 Å². The quantitative estimate of drug-likeness (QED) is 0.226. The van der Waals surface area contributed by atoms with Gasteiger partial charge >= 0.3 is 5.97 Å². The van der Waals surface area contributed by atoms with Gasteiger partial charge in [-0.1, -0.05) is 53.8 Å². The van der Waals surface area contributed by atoms with Crippen LogP contribution in [0.3, 0.4) is 0 Å². The van der Waals surface area contributed by atoms with Gasteiger partial charge in [0.1, 0.15) is 17.9 Å². The zero-order chi connectivity index (χ0) is 30.3. The molecule has 1 amide bonds. The van der Waals surface area contributed by atoms with Crippen molar-refractivity contribution in [1.82, 2.24) is 5.32 Å². The van der Waals surface area contributed by atoms with Gasteiger partial charge in [-0.3, -0.25) is 9.59 Å². The number of fused-ring (bicyclic) bond motifs is 5. The summed E-state index contributed by atoms with van der Waals surface area (Å²) in [5.41, 5.74) is 6.62.